The molecule has 0 unspecified atom stereocenters. The minimum Gasteiger partial charge on any atom is -0.321 e. The Kier molecular flexibility index (Phi) is 5.25. The second-order valence-corrected chi connectivity index (χ2v) is 9.78. The van der Waals surface area contributed by atoms with E-state index in [4.69, 9.17) is 0 Å². The van der Waals surface area contributed by atoms with Crippen LogP contribution in [0, 0.1) is 10.1 Å². The molecule has 4 aromatic rings. The number of carbonyl (C=O) groups excluding carboxylic acids is 1. The van der Waals surface area contributed by atoms with Gasteiger partial charge in [0.2, 0.25) is 0 Å². The van der Waals surface area contributed by atoms with E-state index in [-0.39, 0.29) is 10.5 Å². The molecular weight excluding hydrogens is 438 g/mol. The van der Waals surface area contributed by atoms with E-state index in [0.29, 0.717) is 16.3 Å². The van der Waals surface area contributed by atoms with Crippen molar-refractivity contribution in [3.63, 3.8) is 0 Å². The molecule has 1 amide bonds. The van der Waals surface area contributed by atoms with Crippen LogP contribution in [0.5, 0.6) is 0 Å². The van der Waals surface area contributed by atoms with Crippen molar-refractivity contribution in [3.05, 3.63) is 82.4 Å². The van der Waals surface area contributed by atoms with Crippen LogP contribution in [0.15, 0.2) is 71.6 Å². The fourth-order valence-corrected chi connectivity index (χ4v) is 4.68. The number of rotatable bonds is 5. The summed E-state index contributed by atoms with van der Waals surface area (Å²) in [4.78, 5) is 27.7. The summed E-state index contributed by atoms with van der Waals surface area (Å²) < 4.78 is 24.8. The van der Waals surface area contributed by atoms with Crippen LogP contribution in [-0.2, 0) is 9.84 Å². The zero-order chi connectivity index (χ0) is 22.2. The van der Waals surface area contributed by atoms with Crippen molar-refractivity contribution in [2.45, 2.75) is 4.90 Å². The molecule has 0 aliphatic heterocycles. The first-order valence-electron chi connectivity index (χ1n) is 8.98. The van der Waals surface area contributed by atoms with Crippen molar-refractivity contribution in [1.29, 1.82) is 0 Å². The number of sulfone groups is 1. The van der Waals surface area contributed by atoms with Crippen molar-refractivity contribution in [2.24, 2.45) is 0 Å². The molecular formula is C21H15N3O5S2. The Bertz CT molecular complexity index is 1410. The smallest absolute Gasteiger partial charge is 0.271 e. The molecule has 0 bridgehead atoms. The monoisotopic (exact) mass is 453 g/mol. The van der Waals surface area contributed by atoms with Crippen molar-refractivity contribution in [1.82, 2.24) is 4.98 Å². The summed E-state index contributed by atoms with van der Waals surface area (Å²) in [6.45, 7) is 0. The summed E-state index contributed by atoms with van der Waals surface area (Å²) >= 11 is 1.47. The second-order valence-electron chi connectivity index (χ2n) is 6.73. The summed E-state index contributed by atoms with van der Waals surface area (Å²) in [5.74, 6) is -0.665. The molecule has 4 rings (SSSR count). The number of nitro benzene ring substituents is 1. The van der Waals surface area contributed by atoms with Crippen LogP contribution in [-0.4, -0.2) is 30.5 Å². The molecule has 0 radical (unpaired) electrons. The van der Waals surface area contributed by atoms with Crippen LogP contribution in [0.2, 0.25) is 0 Å². The molecule has 31 heavy (non-hydrogen) atoms. The molecule has 156 valence electrons. The van der Waals surface area contributed by atoms with E-state index in [1.165, 1.54) is 11.3 Å². The highest BCUT2D eigenvalue weighted by molar-refractivity contribution is 7.90. The van der Waals surface area contributed by atoms with Crippen LogP contribution in [0.3, 0.4) is 0 Å². The maximum absolute atomic E-state index is 12.9. The summed E-state index contributed by atoms with van der Waals surface area (Å²) in [7, 11) is -3.75. The van der Waals surface area contributed by atoms with Gasteiger partial charge in [0.15, 0.2) is 9.84 Å². The molecule has 8 nitrogen and oxygen atoms in total. The van der Waals surface area contributed by atoms with Gasteiger partial charge < -0.3 is 5.32 Å². The quantitative estimate of drug-likeness (QED) is 0.350. The van der Waals surface area contributed by atoms with Crippen molar-refractivity contribution in [3.8, 4) is 10.6 Å². The highest BCUT2D eigenvalue weighted by atomic mass is 32.2. The Balaban J connectivity index is 1.73. The molecule has 0 saturated heterocycles. The third-order valence-electron chi connectivity index (χ3n) is 4.49. The van der Waals surface area contributed by atoms with E-state index >= 15 is 0 Å². The molecule has 0 fully saturated rings. The van der Waals surface area contributed by atoms with Crippen molar-refractivity contribution < 1.29 is 18.1 Å². The van der Waals surface area contributed by atoms with Crippen LogP contribution < -0.4 is 5.32 Å². The first-order valence-corrected chi connectivity index (χ1v) is 11.7. The molecule has 0 aliphatic rings. The number of hydrogen-bond donors (Lipinski definition) is 1. The lowest BCUT2D eigenvalue weighted by molar-refractivity contribution is -0.385. The number of fused-ring (bicyclic) bond motifs is 1. The van der Waals surface area contributed by atoms with Gasteiger partial charge in [-0.15, -0.1) is 11.3 Å². The molecule has 0 spiro atoms. The van der Waals surface area contributed by atoms with Crippen LogP contribution in [0.1, 0.15) is 10.4 Å². The maximum atomic E-state index is 12.9. The van der Waals surface area contributed by atoms with Gasteiger partial charge >= 0.3 is 0 Å². The highest BCUT2D eigenvalue weighted by Crippen LogP contribution is 2.34. The van der Waals surface area contributed by atoms with E-state index in [2.05, 4.69) is 10.3 Å². The van der Waals surface area contributed by atoms with Gasteiger partial charge in [-0.3, -0.25) is 14.9 Å². The first-order chi connectivity index (χ1) is 14.7. The van der Waals surface area contributed by atoms with Gasteiger partial charge in [0.1, 0.15) is 5.01 Å². The zero-order valence-electron chi connectivity index (χ0n) is 16.1. The van der Waals surface area contributed by atoms with Crippen LogP contribution in [0.4, 0.5) is 11.4 Å². The largest absolute Gasteiger partial charge is 0.321 e. The molecule has 0 saturated carbocycles. The molecule has 1 aromatic heterocycles. The minimum absolute atomic E-state index is 0.131. The number of benzene rings is 3. The Morgan fingerprint density at radius 3 is 2.48 bits per heavy atom. The third kappa shape index (κ3) is 4.30. The standard InChI is InChI=1S/C21H15N3O5S2/c1-31(28,29)15-11-13(10-14(12-15)24(26)27)20(25)22-17-7-3-2-6-16(17)21-23-18-8-4-5-9-19(18)30-21/h2-12H,1H3,(H,22,25). The van der Waals surface area contributed by atoms with Gasteiger partial charge in [0.05, 0.1) is 25.7 Å². The molecule has 0 atom stereocenters. The summed E-state index contributed by atoms with van der Waals surface area (Å²) in [6.07, 6.45) is 0.927. The van der Waals surface area contributed by atoms with Crippen LogP contribution >= 0.6 is 11.3 Å². The summed E-state index contributed by atoms with van der Waals surface area (Å²) in [6, 6.07) is 17.8. The Morgan fingerprint density at radius 1 is 1.06 bits per heavy atom. The van der Waals surface area contributed by atoms with Gasteiger partial charge in [-0.25, -0.2) is 13.4 Å². The number of non-ortho nitro benzene ring substituents is 1. The lowest BCUT2D eigenvalue weighted by Gasteiger charge is -2.10. The maximum Gasteiger partial charge on any atom is 0.271 e. The second kappa shape index (κ2) is 7.89. The minimum atomic E-state index is -3.75. The van der Waals surface area contributed by atoms with E-state index in [1.807, 2.05) is 36.4 Å². The number of nitrogens with zero attached hydrogens (tertiary/aromatic N) is 2. The lowest BCUT2D eigenvalue weighted by Crippen LogP contribution is -2.14. The van der Waals surface area contributed by atoms with Gasteiger partial charge in [0.25, 0.3) is 11.6 Å². The van der Waals surface area contributed by atoms with E-state index in [1.54, 1.807) is 12.1 Å². The molecule has 0 aliphatic carbocycles. The van der Waals surface area contributed by atoms with Gasteiger partial charge in [-0.2, -0.15) is 0 Å². The van der Waals surface area contributed by atoms with E-state index in [0.717, 1.165) is 34.7 Å². The molecule has 1 heterocycles. The van der Waals surface area contributed by atoms with Gasteiger partial charge in [-0.05, 0) is 30.3 Å². The Hall–Kier alpha value is -3.63. The number of amides is 1. The number of carbonyl (C=O) groups is 1. The number of hydrogen-bond acceptors (Lipinski definition) is 7. The predicted octanol–water partition coefficient (Wildman–Crippen LogP) is 4.53. The number of para-hydroxylation sites is 2. The average molecular weight is 454 g/mol. The first kappa shape index (κ1) is 20.6. The fourth-order valence-electron chi connectivity index (χ4n) is 2.99. The fraction of sp³-hybridized carbons (Fsp3) is 0.0476. The van der Waals surface area contributed by atoms with E-state index in [9.17, 15) is 23.3 Å². The SMILES string of the molecule is CS(=O)(=O)c1cc(C(=O)Nc2ccccc2-c2nc3ccccc3s2)cc([N+](=O)[O-])c1. The van der Waals surface area contributed by atoms with Gasteiger partial charge in [-0.1, -0.05) is 24.3 Å². The number of anilines is 1. The highest BCUT2D eigenvalue weighted by Gasteiger charge is 2.20. The van der Waals surface area contributed by atoms with Gasteiger partial charge in [0, 0.05) is 29.5 Å². The molecule has 3 aromatic carbocycles. The van der Waals surface area contributed by atoms with Crippen molar-refractivity contribution in [2.75, 3.05) is 11.6 Å². The topological polar surface area (TPSA) is 119 Å². The van der Waals surface area contributed by atoms with Crippen LogP contribution in [0.25, 0.3) is 20.8 Å². The predicted molar refractivity (Wildman–Crippen MR) is 119 cm³/mol. The zero-order valence-corrected chi connectivity index (χ0v) is 17.7. The Morgan fingerprint density at radius 2 is 1.77 bits per heavy atom. The summed E-state index contributed by atoms with van der Waals surface area (Å²) in [5, 5.41) is 14.6. The number of nitro groups is 1. The average Bonchev–Trinajstić information content (AvgIpc) is 3.17. The van der Waals surface area contributed by atoms with E-state index < -0.39 is 26.4 Å². The molecule has 10 heteroatoms. The lowest BCUT2D eigenvalue weighted by atomic mass is 10.1. The number of thiazole rings is 1. The number of nitrogens with one attached hydrogen (secondary N) is 1. The summed E-state index contributed by atoms with van der Waals surface area (Å²) in [5.41, 5.74) is 1.37. The Labute approximate surface area is 181 Å². The third-order valence-corrected chi connectivity index (χ3v) is 6.65. The number of aromatic nitrogens is 1. The molecule has 1 N–H and O–H groups in total. The normalized spacial score (nSPS) is 11.4. The van der Waals surface area contributed by atoms with Crippen molar-refractivity contribution >= 4 is 48.7 Å².